The van der Waals surface area contributed by atoms with Gasteiger partial charge in [-0.25, -0.2) is 0 Å². The van der Waals surface area contributed by atoms with Crippen LogP contribution < -0.4 is 4.90 Å². The molecule has 0 radical (unpaired) electrons. The topological polar surface area (TPSA) is 3.24 Å². The van der Waals surface area contributed by atoms with Crippen LogP contribution in [0.5, 0.6) is 0 Å². The highest BCUT2D eigenvalue weighted by Crippen LogP contribution is 2.54. The molecule has 0 N–H and O–H groups in total. The SMILES string of the molecule is CC1(C)c2cc(N(c3ccc4ccccc4c3-c3ccc4ccccc4c3)c3cccc4sc5ccccc5c34)ccc2-c2cc3ccccc3cc21. The molecule has 11 rings (SSSR count). The van der Waals surface area contributed by atoms with Crippen molar-refractivity contribution in [3.8, 4) is 22.3 Å². The molecular formula is C51H35NS. The van der Waals surface area contributed by atoms with E-state index < -0.39 is 0 Å². The molecule has 0 unspecified atom stereocenters. The molecule has 1 aliphatic carbocycles. The average molecular weight is 694 g/mol. The molecule has 53 heavy (non-hydrogen) atoms. The second-order valence-electron chi connectivity index (χ2n) is 14.9. The highest BCUT2D eigenvalue weighted by atomic mass is 32.1. The Hall–Kier alpha value is -6.22. The van der Waals surface area contributed by atoms with Gasteiger partial charge in [0.2, 0.25) is 0 Å². The number of fused-ring (bicyclic) bond motifs is 9. The van der Waals surface area contributed by atoms with Gasteiger partial charge in [0.15, 0.2) is 0 Å². The molecule has 250 valence electrons. The highest BCUT2D eigenvalue weighted by molar-refractivity contribution is 7.26. The van der Waals surface area contributed by atoms with Gasteiger partial charge >= 0.3 is 0 Å². The Morgan fingerprint density at radius 3 is 1.91 bits per heavy atom. The van der Waals surface area contributed by atoms with E-state index in [0.29, 0.717) is 0 Å². The smallest absolute Gasteiger partial charge is 0.0555 e. The van der Waals surface area contributed by atoms with Crippen molar-refractivity contribution in [1.29, 1.82) is 0 Å². The third-order valence-electron chi connectivity index (χ3n) is 11.6. The molecule has 0 fully saturated rings. The lowest BCUT2D eigenvalue weighted by Gasteiger charge is -2.31. The predicted molar refractivity (Wildman–Crippen MR) is 230 cm³/mol. The van der Waals surface area contributed by atoms with Crippen molar-refractivity contribution in [3.05, 3.63) is 187 Å². The first-order chi connectivity index (χ1) is 26.0. The molecule has 0 saturated heterocycles. The van der Waals surface area contributed by atoms with E-state index in [4.69, 9.17) is 0 Å². The van der Waals surface area contributed by atoms with E-state index in [0.717, 1.165) is 5.69 Å². The van der Waals surface area contributed by atoms with E-state index >= 15 is 0 Å². The second-order valence-corrected chi connectivity index (χ2v) is 16.0. The molecule has 1 heterocycles. The molecule has 10 aromatic rings. The first kappa shape index (κ1) is 30.4. The fraction of sp³-hybridized carbons (Fsp3) is 0.0588. The molecule has 0 saturated carbocycles. The Balaban J connectivity index is 1.23. The Labute approximate surface area is 313 Å². The van der Waals surface area contributed by atoms with Gasteiger partial charge in [-0.1, -0.05) is 135 Å². The lowest BCUT2D eigenvalue weighted by Crippen LogP contribution is -2.17. The van der Waals surface area contributed by atoms with Crippen molar-refractivity contribution in [2.24, 2.45) is 0 Å². The molecule has 1 aromatic heterocycles. The summed E-state index contributed by atoms with van der Waals surface area (Å²) in [6.07, 6.45) is 0. The molecule has 0 atom stereocenters. The molecular weight excluding hydrogens is 659 g/mol. The van der Waals surface area contributed by atoms with Crippen LogP contribution in [0.2, 0.25) is 0 Å². The fourth-order valence-corrected chi connectivity index (χ4v) is 10.1. The third kappa shape index (κ3) is 4.56. The van der Waals surface area contributed by atoms with E-state index in [1.807, 2.05) is 11.3 Å². The second kappa shape index (κ2) is 11.4. The number of thiophene rings is 1. The van der Waals surface area contributed by atoms with Gasteiger partial charge < -0.3 is 4.90 Å². The highest BCUT2D eigenvalue weighted by Gasteiger charge is 2.37. The Bertz CT molecular complexity index is 3110. The van der Waals surface area contributed by atoms with Gasteiger partial charge in [0, 0.05) is 36.8 Å². The third-order valence-corrected chi connectivity index (χ3v) is 12.7. The lowest BCUT2D eigenvalue weighted by molar-refractivity contribution is 0.661. The number of nitrogens with zero attached hydrogens (tertiary/aromatic N) is 1. The van der Waals surface area contributed by atoms with Crippen molar-refractivity contribution >= 4 is 80.9 Å². The van der Waals surface area contributed by atoms with Crippen LogP contribution in [-0.4, -0.2) is 0 Å². The zero-order valence-electron chi connectivity index (χ0n) is 29.6. The van der Waals surface area contributed by atoms with E-state index in [9.17, 15) is 0 Å². The summed E-state index contributed by atoms with van der Waals surface area (Å²) in [5, 5.41) is 10.1. The summed E-state index contributed by atoms with van der Waals surface area (Å²) in [5.41, 5.74) is 11.2. The maximum Gasteiger partial charge on any atom is 0.0555 e. The largest absolute Gasteiger partial charge is 0.309 e. The number of hydrogen-bond acceptors (Lipinski definition) is 2. The van der Waals surface area contributed by atoms with Crippen LogP contribution in [0.25, 0.3) is 74.7 Å². The number of rotatable bonds is 4. The van der Waals surface area contributed by atoms with E-state index in [1.165, 1.54) is 97.2 Å². The summed E-state index contributed by atoms with van der Waals surface area (Å²) >= 11 is 1.87. The molecule has 1 aliphatic rings. The van der Waals surface area contributed by atoms with Crippen LogP contribution in [0.3, 0.4) is 0 Å². The van der Waals surface area contributed by atoms with Gasteiger partial charge in [-0.05, 0) is 115 Å². The van der Waals surface area contributed by atoms with Crippen LogP contribution in [-0.2, 0) is 5.41 Å². The first-order valence-electron chi connectivity index (χ1n) is 18.4. The zero-order valence-corrected chi connectivity index (χ0v) is 30.4. The van der Waals surface area contributed by atoms with E-state index in [-0.39, 0.29) is 5.41 Å². The first-order valence-corrected chi connectivity index (χ1v) is 19.2. The van der Waals surface area contributed by atoms with Crippen molar-refractivity contribution in [3.63, 3.8) is 0 Å². The van der Waals surface area contributed by atoms with Crippen LogP contribution in [0.4, 0.5) is 17.1 Å². The number of anilines is 3. The molecule has 9 aromatic carbocycles. The Morgan fingerprint density at radius 1 is 0.434 bits per heavy atom. The maximum atomic E-state index is 2.55. The van der Waals surface area contributed by atoms with Crippen LogP contribution >= 0.6 is 11.3 Å². The summed E-state index contributed by atoms with van der Waals surface area (Å²) in [7, 11) is 0. The Morgan fingerprint density at radius 2 is 1.08 bits per heavy atom. The van der Waals surface area contributed by atoms with Gasteiger partial charge in [0.1, 0.15) is 0 Å². The normalized spacial score (nSPS) is 13.2. The fourth-order valence-electron chi connectivity index (χ4n) is 8.99. The minimum absolute atomic E-state index is 0.165. The van der Waals surface area contributed by atoms with Gasteiger partial charge in [-0.3, -0.25) is 0 Å². The molecule has 0 aliphatic heterocycles. The molecule has 0 bridgehead atoms. The molecule has 0 spiro atoms. The van der Waals surface area contributed by atoms with Crippen molar-refractivity contribution in [2.45, 2.75) is 19.3 Å². The predicted octanol–water partition coefficient (Wildman–Crippen LogP) is 15.0. The summed E-state index contributed by atoms with van der Waals surface area (Å²) in [5.74, 6) is 0. The van der Waals surface area contributed by atoms with Crippen LogP contribution in [0, 0.1) is 0 Å². The van der Waals surface area contributed by atoms with Gasteiger partial charge in [0.25, 0.3) is 0 Å². The standard InChI is InChI=1S/C51H35NS/c1-51(2)43-30-36-16-6-5-15-35(36)29-42(43)40-26-25-38(31-44(40)51)52(45-19-11-21-48-50(45)41-18-9-10-20-47(41)53-48)46-27-24-33-13-7-8-17-39(33)49(46)37-23-22-32-12-3-4-14-34(32)28-37/h3-31H,1-2H3. The van der Waals surface area contributed by atoms with Gasteiger partial charge in [-0.2, -0.15) is 0 Å². The number of benzene rings is 9. The van der Waals surface area contributed by atoms with Gasteiger partial charge in [0.05, 0.1) is 11.4 Å². The van der Waals surface area contributed by atoms with E-state index in [2.05, 4.69) is 195 Å². The average Bonchev–Trinajstić information content (AvgIpc) is 3.69. The molecule has 2 heteroatoms. The molecule has 0 amide bonds. The zero-order chi connectivity index (χ0) is 35.3. The minimum atomic E-state index is -0.165. The van der Waals surface area contributed by atoms with Crippen LogP contribution in [0.15, 0.2) is 176 Å². The van der Waals surface area contributed by atoms with Crippen molar-refractivity contribution < 1.29 is 0 Å². The monoisotopic (exact) mass is 693 g/mol. The van der Waals surface area contributed by atoms with Gasteiger partial charge in [-0.15, -0.1) is 11.3 Å². The quantitative estimate of drug-likeness (QED) is 0.177. The maximum absolute atomic E-state index is 2.55. The summed E-state index contributed by atoms with van der Waals surface area (Å²) in [6, 6.07) is 65.6. The molecule has 1 nitrogen and oxygen atoms in total. The summed E-state index contributed by atoms with van der Waals surface area (Å²) in [6.45, 7) is 4.79. The number of hydrogen-bond donors (Lipinski definition) is 0. The Kier molecular flexibility index (Phi) is 6.53. The van der Waals surface area contributed by atoms with E-state index in [1.54, 1.807) is 0 Å². The summed E-state index contributed by atoms with van der Waals surface area (Å²) in [4.78, 5) is 2.55. The van der Waals surface area contributed by atoms with Crippen LogP contribution in [0.1, 0.15) is 25.0 Å². The lowest BCUT2D eigenvalue weighted by atomic mass is 9.81. The van der Waals surface area contributed by atoms with Crippen molar-refractivity contribution in [2.75, 3.05) is 4.90 Å². The van der Waals surface area contributed by atoms with Crippen molar-refractivity contribution in [1.82, 2.24) is 0 Å². The minimum Gasteiger partial charge on any atom is -0.309 e. The summed E-state index contributed by atoms with van der Waals surface area (Å²) < 4.78 is 2.60.